The van der Waals surface area contributed by atoms with Crippen molar-refractivity contribution in [2.75, 3.05) is 23.5 Å². The molecule has 0 radical (unpaired) electrons. The highest BCUT2D eigenvalue weighted by molar-refractivity contribution is 9.10. The Bertz CT molecular complexity index is 422. The van der Waals surface area contributed by atoms with Crippen LogP contribution in [-0.4, -0.2) is 24.6 Å². The van der Waals surface area contributed by atoms with E-state index in [-0.39, 0.29) is 0 Å². The predicted molar refractivity (Wildman–Crippen MR) is 73.0 cm³/mol. The lowest BCUT2D eigenvalue weighted by Gasteiger charge is -2.27. The van der Waals surface area contributed by atoms with Crippen LogP contribution in [-0.2, 0) is 0 Å². The van der Waals surface area contributed by atoms with Crippen molar-refractivity contribution in [1.29, 1.82) is 5.26 Å². The molecule has 1 unspecified atom stereocenters. The molecule has 0 N–H and O–H groups in total. The summed E-state index contributed by atoms with van der Waals surface area (Å²) in [6, 6.07) is 8.76. The Morgan fingerprint density at radius 2 is 2.38 bits per heavy atom. The minimum absolute atomic E-state index is 0.561. The van der Waals surface area contributed by atoms with Crippen molar-refractivity contribution in [3.05, 3.63) is 28.2 Å². The highest BCUT2D eigenvalue weighted by atomic mass is 79.9. The van der Waals surface area contributed by atoms with Gasteiger partial charge in [-0.3, -0.25) is 0 Å². The fourth-order valence-electron chi connectivity index (χ4n) is 1.94. The standard InChI is InChI=1S/C12H13BrN2S/c1-15(9-5-6-16-8-9)12-4-2-3-11(13)10(12)7-14/h2-4,9H,5-6,8H2,1H3. The largest absolute Gasteiger partial charge is 0.370 e. The van der Waals surface area contributed by atoms with Crippen LogP contribution in [0.5, 0.6) is 0 Å². The zero-order valence-electron chi connectivity index (χ0n) is 9.11. The van der Waals surface area contributed by atoms with Gasteiger partial charge >= 0.3 is 0 Å². The van der Waals surface area contributed by atoms with Crippen LogP contribution in [0.1, 0.15) is 12.0 Å². The minimum Gasteiger partial charge on any atom is -0.370 e. The third-order valence-corrected chi connectivity index (χ3v) is 4.74. The van der Waals surface area contributed by atoms with Gasteiger partial charge in [0.25, 0.3) is 0 Å². The summed E-state index contributed by atoms with van der Waals surface area (Å²) < 4.78 is 0.880. The van der Waals surface area contributed by atoms with Gasteiger partial charge in [0.2, 0.25) is 0 Å². The second-order valence-electron chi connectivity index (χ2n) is 3.87. The Labute approximate surface area is 109 Å². The third-order valence-electron chi connectivity index (χ3n) is 2.94. The smallest absolute Gasteiger partial charge is 0.103 e. The molecule has 16 heavy (non-hydrogen) atoms. The minimum atomic E-state index is 0.561. The number of anilines is 1. The third kappa shape index (κ3) is 2.21. The second-order valence-corrected chi connectivity index (χ2v) is 5.88. The number of rotatable bonds is 2. The van der Waals surface area contributed by atoms with E-state index in [1.165, 1.54) is 12.2 Å². The fraction of sp³-hybridized carbons (Fsp3) is 0.417. The lowest BCUT2D eigenvalue weighted by molar-refractivity contribution is 0.699. The molecule has 1 aliphatic rings. The van der Waals surface area contributed by atoms with E-state index in [4.69, 9.17) is 0 Å². The van der Waals surface area contributed by atoms with Gasteiger partial charge in [-0.05, 0) is 40.2 Å². The molecule has 1 fully saturated rings. The van der Waals surface area contributed by atoms with E-state index >= 15 is 0 Å². The molecule has 0 aliphatic carbocycles. The van der Waals surface area contributed by atoms with Crippen molar-refractivity contribution in [2.45, 2.75) is 12.5 Å². The molecule has 0 aromatic heterocycles. The number of thioether (sulfide) groups is 1. The van der Waals surface area contributed by atoms with Crippen molar-refractivity contribution < 1.29 is 0 Å². The maximum absolute atomic E-state index is 9.18. The van der Waals surface area contributed by atoms with E-state index in [0.29, 0.717) is 6.04 Å². The van der Waals surface area contributed by atoms with Crippen LogP contribution >= 0.6 is 27.7 Å². The van der Waals surface area contributed by atoms with Crippen LogP contribution in [0.2, 0.25) is 0 Å². The molecular formula is C12H13BrN2S. The lowest BCUT2D eigenvalue weighted by atomic mass is 10.1. The summed E-state index contributed by atoms with van der Waals surface area (Å²) in [7, 11) is 2.08. The Kier molecular flexibility index (Phi) is 3.78. The van der Waals surface area contributed by atoms with E-state index in [0.717, 1.165) is 21.5 Å². The number of hydrogen-bond donors (Lipinski definition) is 0. The number of nitrogens with zero attached hydrogens (tertiary/aromatic N) is 2. The predicted octanol–water partition coefficient (Wildman–Crippen LogP) is 3.26. The maximum Gasteiger partial charge on any atom is 0.103 e. The molecule has 1 aromatic rings. The normalized spacial score (nSPS) is 19.4. The van der Waals surface area contributed by atoms with Crippen LogP contribution in [0.15, 0.2) is 22.7 Å². The van der Waals surface area contributed by atoms with Crippen LogP contribution in [0.4, 0.5) is 5.69 Å². The Morgan fingerprint density at radius 1 is 1.56 bits per heavy atom. The Hall–Kier alpha value is -0.660. The van der Waals surface area contributed by atoms with Crippen molar-refractivity contribution in [3.63, 3.8) is 0 Å². The molecular weight excluding hydrogens is 284 g/mol. The van der Waals surface area contributed by atoms with Crippen molar-refractivity contribution in [1.82, 2.24) is 0 Å². The SMILES string of the molecule is CN(c1cccc(Br)c1C#N)C1CCSC1. The Balaban J connectivity index is 2.32. The number of hydrogen-bond acceptors (Lipinski definition) is 3. The average Bonchev–Trinajstić information content (AvgIpc) is 2.81. The van der Waals surface area contributed by atoms with Gasteiger partial charge < -0.3 is 4.90 Å². The molecule has 2 rings (SSSR count). The first kappa shape index (κ1) is 11.8. The van der Waals surface area contributed by atoms with Gasteiger partial charge in [0, 0.05) is 23.3 Å². The van der Waals surface area contributed by atoms with E-state index < -0.39 is 0 Å². The van der Waals surface area contributed by atoms with Crippen molar-refractivity contribution >= 4 is 33.4 Å². The molecule has 0 bridgehead atoms. The molecule has 4 heteroatoms. The molecule has 1 heterocycles. The first-order valence-corrected chi connectivity index (χ1v) is 7.18. The van der Waals surface area contributed by atoms with Gasteiger partial charge in [-0.15, -0.1) is 0 Å². The van der Waals surface area contributed by atoms with E-state index in [2.05, 4.69) is 33.9 Å². The highest BCUT2D eigenvalue weighted by Gasteiger charge is 2.22. The maximum atomic E-state index is 9.18. The van der Waals surface area contributed by atoms with Gasteiger partial charge in [-0.2, -0.15) is 17.0 Å². The highest BCUT2D eigenvalue weighted by Crippen LogP contribution is 2.31. The molecule has 2 nitrogen and oxygen atoms in total. The van der Waals surface area contributed by atoms with E-state index in [9.17, 15) is 5.26 Å². The number of benzene rings is 1. The summed E-state index contributed by atoms with van der Waals surface area (Å²) in [4.78, 5) is 2.24. The van der Waals surface area contributed by atoms with E-state index in [1.807, 2.05) is 30.0 Å². The first-order chi connectivity index (χ1) is 7.74. The zero-order chi connectivity index (χ0) is 11.5. The van der Waals surface area contributed by atoms with Crippen molar-refractivity contribution in [2.24, 2.45) is 0 Å². The monoisotopic (exact) mass is 296 g/mol. The molecule has 1 aromatic carbocycles. The van der Waals surface area contributed by atoms with Crippen LogP contribution < -0.4 is 4.90 Å². The van der Waals surface area contributed by atoms with Gasteiger partial charge in [0.05, 0.1) is 11.3 Å². The summed E-state index contributed by atoms with van der Waals surface area (Å²) >= 11 is 5.42. The average molecular weight is 297 g/mol. The summed E-state index contributed by atoms with van der Waals surface area (Å²) in [5.41, 5.74) is 1.77. The lowest BCUT2D eigenvalue weighted by Crippen LogP contribution is -2.31. The van der Waals surface area contributed by atoms with Gasteiger partial charge in [0.1, 0.15) is 6.07 Å². The topological polar surface area (TPSA) is 27.0 Å². The quantitative estimate of drug-likeness (QED) is 0.838. The van der Waals surface area contributed by atoms with Crippen molar-refractivity contribution in [3.8, 4) is 6.07 Å². The Morgan fingerprint density at radius 3 is 3.00 bits per heavy atom. The summed E-state index contributed by atoms with van der Waals surface area (Å²) in [5.74, 6) is 2.39. The number of halogens is 1. The summed E-state index contributed by atoms with van der Waals surface area (Å²) in [6.07, 6.45) is 1.21. The van der Waals surface area contributed by atoms with E-state index in [1.54, 1.807) is 0 Å². The molecule has 1 atom stereocenters. The summed E-state index contributed by atoms with van der Waals surface area (Å²) in [5, 5.41) is 9.18. The van der Waals surface area contributed by atoms with Gasteiger partial charge in [-0.1, -0.05) is 6.07 Å². The number of nitriles is 1. The first-order valence-electron chi connectivity index (χ1n) is 5.23. The molecule has 0 amide bonds. The zero-order valence-corrected chi connectivity index (χ0v) is 11.5. The molecule has 1 saturated heterocycles. The molecule has 1 aliphatic heterocycles. The van der Waals surface area contributed by atoms with Gasteiger partial charge in [0.15, 0.2) is 0 Å². The summed E-state index contributed by atoms with van der Waals surface area (Å²) in [6.45, 7) is 0. The van der Waals surface area contributed by atoms with Crippen LogP contribution in [0.3, 0.4) is 0 Å². The molecule has 0 saturated carbocycles. The van der Waals surface area contributed by atoms with Crippen LogP contribution in [0.25, 0.3) is 0 Å². The van der Waals surface area contributed by atoms with Gasteiger partial charge in [-0.25, -0.2) is 0 Å². The fourth-order valence-corrected chi connectivity index (χ4v) is 3.65. The van der Waals surface area contributed by atoms with Crippen LogP contribution in [0, 0.1) is 11.3 Å². The molecule has 0 spiro atoms. The second kappa shape index (κ2) is 5.11. The molecule has 84 valence electrons.